The molecule has 2 aromatic rings. The van der Waals surface area contributed by atoms with Crippen LogP contribution in [0.3, 0.4) is 0 Å². The van der Waals surface area contributed by atoms with Crippen LogP contribution in [-0.4, -0.2) is 49.1 Å². The molecular weight excluding hydrogens is 328 g/mol. The van der Waals surface area contributed by atoms with Crippen LogP contribution in [0.15, 0.2) is 42.5 Å². The van der Waals surface area contributed by atoms with Crippen LogP contribution in [0.2, 0.25) is 0 Å². The molecule has 0 unspecified atom stereocenters. The van der Waals surface area contributed by atoms with Gasteiger partial charge in [-0.3, -0.25) is 4.79 Å². The topological polar surface area (TPSA) is 92.3 Å². The van der Waals surface area contributed by atoms with E-state index in [1.807, 2.05) is 23.1 Å². The third-order valence-corrected chi connectivity index (χ3v) is 5.59. The molecule has 8 heteroatoms. The number of amides is 1. The third kappa shape index (κ3) is 3.70. The van der Waals surface area contributed by atoms with Crippen molar-refractivity contribution in [1.82, 2.24) is 10.2 Å². The van der Waals surface area contributed by atoms with Gasteiger partial charge in [-0.05, 0) is 30.7 Å². The van der Waals surface area contributed by atoms with Crippen molar-refractivity contribution < 1.29 is 13.2 Å². The number of hydrogen-bond donors (Lipinski definition) is 1. The summed E-state index contributed by atoms with van der Waals surface area (Å²) in [6.07, 6.45) is 1.83. The first-order valence-electron chi connectivity index (χ1n) is 7.57. The highest BCUT2D eigenvalue weighted by Crippen LogP contribution is 2.21. The number of nitrogens with one attached hydrogen (secondary N) is 1. The van der Waals surface area contributed by atoms with E-state index >= 15 is 0 Å². The number of hydrogen-bond acceptors (Lipinski definition) is 6. The molecule has 7 nitrogen and oxygen atoms in total. The number of benzene rings is 1. The fourth-order valence-electron chi connectivity index (χ4n) is 2.62. The Morgan fingerprint density at radius 1 is 1.17 bits per heavy atom. The average molecular weight is 346 g/mol. The Morgan fingerprint density at radius 3 is 2.50 bits per heavy atom. The third-order valence-electron chi connectivity index (χ3n) is 3.99. The van der Waals surface area contributed by atoms with Crippen molar-refractivity contribution in [2.24, 2.45) is 0 Å². The Morgan fingerprint density at radius 2 is 1.92 bits per heavy atom. The molecule has 1 amide bonds. The van der Waals surface area contributed by atoms with E-state index in [4.69, 9.17) is 0 Å². The largest absolute Gasteiger partial charge is 0.354 e. The Labute approximate surface area is 140 Å². The predicted octanol–water partition coefficient (Wildman–Crippen LogP) is 1.35. The van der Waals surface area contributed by atoms with Crippen molar-refractivity contribution in [2.45, 2.75) is 11.7 Å². The number of nitrogens with zero attached hydrogens (tertiary/aromatic N) is 3. The maximum absolute atomic E-state index is 12.1. The van der Waals surface area contributed by atoms with Gasteiger partial charge in [0, 0.05) is 25.0 Å². The zero-order valence-corrected chi connectivity index (χ0v) is 14.0. The molecule has 1 aliphatic rings. The lowest BCUT2D eigenvalue weighted by Gasteiger charge is -2.16. The highest BCUT2D eigenvalue weighted by atomic mass is 32.2. The van der Waals surface area contributed by atoms with E-state index in [1.54, 1.807) is 24.3 Å². The highest BCUT2D eigenvalue weighted by Gasteiger charge is 2.30. The lowest BCUT2D eigenvalue weighted by Crippen LogP contribution is -2.27. The van der Waals surface area contributed by atoms with Gasteiger partial charge in [0.2, 0.25) is 0 Å². The molecule has 1 aromatic heterocycles. The summed E-state index contributed by atoms with van der Waals surface area (Å²) in [5.74, 6) is 0.244. The zero-order chi connectivity index (χ0) is 17.2. The molecular formula is C16H18N4O3S. The normalized spacial score (nSPS) is 17.7. The molecule has 0 radical (unpaired) electrons. The van der Waals surface area contributed by atoms with Crippen molar-refractivity contribution in [2.75, 3.05) is 29.6 Å². The predicted molar refractivity (Wildman–Crippen MR) is 91.9 cm³/mol. The molecule has 24 heavy (non-hydrogen) atoms. The first-order chi connectivity index (χ1) is 11.4. The number of sulfone groups is 1. The zero-order valence-electron chi connectivity index (χ0n) is 13.2. The summed E-state index contributed by atoms with van der Waals surface area (Å²) in [5, 5.41) is 10.4. The Balaban J connectivity index is 1.67. The Kier molecular flexibility index (Phi) is 4.48. The molecule has 1 aliphatic heterocycles. The highest BCUT2D eigenvalue weighted by molar-refractivity contribution is 7.91. The van der Waals surface area contributed by atoms with Gasteiger partial charge in [0.25, 0.3) is 5.91 Å². The lowest BCUT2D eigenvalue weighted by atomic mass is 10.3. The minimum atomic E-state index is -3.05. The van der Waals surface area contributed by atoms with Gasteiger partial charge >= 0.3 is 0 Å². The SMILES string of the molecule is CS(=O)(=O)[C@H]1CCN(c2ccc(C(=O)Nc3ccccc3)nn2)C1. The Bertz CT molecular complexity index is 822. The van der Waals surface area contributed by atoms with Crippen LogP contribution in [0.25, 0.3) is 0 Å². The van der Waals surface area contributed by atoms with Crippen molar-refractivity contribution in [3.8, 4) is 0 Å². The fourth-order valence-corrected chi connectivity index (χ4v) is 3.60. The summed E-state index contributed by atoms with van der Waals surface area (Å²) in [6, 6.07) is 12.4. The second-order valence-electron chi connectivity index (χ2n) is 5.78. The quantitative estimate of drug-likeness (QED) is 0.898. The molecule has 0 saturated carbocycles. The molecule has 1 saturated heterocycles. The number of para-hydroxylation sites is 1. The number of carbonyl (C=O) groups excluding carboxylic acids is 1. The van der Waals surface area contributed by atoms with Crippen LogP contribution in [0.5, 0.6) is 0 Å². The van der Waals surface area contributed by atoms with Crippen LogP contribution in [0.1, 0.15) is 16.9 Å². The van der Waals surface area contributed by atoms with Crippen molar-refractivity contribution in [1.29, 1.82) is 0 Å². The molecule has 2 heterocycles. The van der Waals surface area contributed by atoms with Gasteiger partial charge in [0.05, 0.1) is 5.25 Å². The van der Waals surface area contributed by atoms with Gasteiger partial charge in [0.1, 0.15) is 0 Å². The molecule has 3 rings (SSSR count). The molecule has 1 atom stereocenters. The molecule has 1 fully saturated rings. The van der Waals surface area contributed by atoms with Gasteiger partial charge < -0.3 is 10.2 Å². The maximum Gasteiger partial charge on any atom is 0.276 e. The van der Waals surface area contributed by atoms with Gasteiger partial charge in [-0.1, -0.05) is 18.2 Å². The first-order valence-corrected chi connectivity index (χ1v) is 9.53. The lowest BCUT2D eigenvalue weighted by molar-refractivity contribution is 0.102. The Hall–Kier alpha value is -2.48. The summed E-state index contributed by atoms with van der Waals surface area (Å²) < 4.78 is 23.2. The average Bonchev–Trinajstić information content (AvgIpc) is 3.06. The van der Waals surface area contributed by atoms with E-state index in [1.165, 1.54) is 6.26 Å². The number of anilines is 2. The van der Waals surface area contributed by atoms with Crippen molar-refractivity contribution in [3.63, 3.8) is 0 Å². The van der Waals surface area contributed by atoms with E-state index in [0.29, 0.717) is 31.0 Å². The standard InChI is InChI=1S/C16H18N4O3S/c1-24(22,23)13-9-10-20(11-13)15-8-7-14(18-19-15)16(21)17-12-5-3-2-4-6-12/h2-8,13H,9-11H2,1H3,(H,17,21)/t13-/m0/s1. The molecule has 126 valence electrons. The van der Waals surface area contributed by atoms with Gasteiger partial charge in [0.15, 0.2) is 21.3 Å². The van der Waals surface area contributed by atoms with Crippen LogP contribution < -0.4 is 10.2 Å². The first kappa shape index (κ1) is 16.4. The smallest absolute Gasteiger partial charge is 0.276 e. The summed E-state index contributed by atoms with van der Waals surface area (Å²) in [6.45, 7) is 1.02. The van der Waals surface area contributed by atoms with E-state index in [2.05, 4.69) is 15.5 Å². The van der Waals surface area contributed by atoms with Crippen LogP contribution in [0, 0.1) is 0 Å². The molecule has 1 aromatic carbocycles. The molecule has 0 spiro atoms. The summed E-state index contributed by atoms with van der Waals surface area (Å²) >= 11 is 0. The molecule has 1 N–H and O–H groups in total. The monoisotopic (exact) mass is 346 g/mol. The summed E-state index contributed by atoms with van der Waals surface area (Å²) in [5.41, 5.74) is 0.894. The van der Waals surface area contributed by atoms with Crippen LogP contribution in [-0.2, 0) is 9.84 Å². The van der Waals surface area contributed by atoms with E-state index in [-0.39, 0.29) is 16.9 Å². The minimum absolute atomic E-state index is 0.210. The molecule has 0 bridgehead atoms. The van der Waals surface area contributed by atoms with E-state index in [9.17, 15) is 13.2 Å². The van der Waals surface area contributed by atoms with Crippen LogP contribution >= 0.6 is 0 Å². The number of rotatable bonds is 4. The van der Waals surface area contributed by atoms with Gasteiger partial charge in [-0.15, -0.1) is 10.2 Å². The second-order valence-corrected chi connectivity index (χ2v) is 8.11. The van der Waals surface area contributed by atoms with Gasteiger partial charge in [-0.25, -0.2) is 8.42 Å². The molecule has 0 aliphatic carbocycles. The van der Waals surface area contributed by atoms with Crippen LogP contribution in [0.4, 0.5) is 11.5 Å². The summed E-state index contributed by atoms with van der Waals surface area (Å²) in [4.78, 5) is 14.0. The fraction of sp³-hybridized carbons (Fsp3) is 0.312. The van der Waals surface area contributed by atoms with E-state index in [0.717, 1.165) is 0 Å². The van der Waals surface area contributed by atoms with Crippen molar-refractivity contribution >= 4 is 27.2 Å². The maximum atomic E-state index is 12.1. The minimum Gasteiger partial charge on any atom is -0.354 e. The second kappa shape index (κ2) is 6.56. The number of carbonyl (C=O) groups is 1. The van der Waals surface area contributed by atoms with E-state index < -0.39 is 9.84 Å². The van der Waals surface area contributed by atoms with Crippen molar-refractivity contribution in [3.05, 3.63) is 48.2 Å². The summed E-state index contributed by atoms with van der Waals surface area (Å²) in [7, 11) is -3.05. The van der Waals surface area contributed by atoms with Gasteiger partial charge in [-0.2, -0.15) is 0 Å². The number of aromatic nitrogens is 2.